The average Bonchev–Trinajstić information content (AvgIpc) is 2.45. The number of carbonyl (C=O) groups excluding carboxylic acids is 2. The number of esters is 1. The van der Waals surface area contributed by atoms with Crippen LogP contribution in [0.15, 0.2) is 24.3 Å². The summed E-state index contributed by atoms with van der Waals surface area (Å²) in [6.45, 7) is 2.27. The lowest BCUT2D eigenvalue weighted by atomic mass is 10.0. The van der Waals surface area contributed by atoms with Crippen LogP contribution in [0.4, 0.5) is 0 Å². The first-order chi connectivity index (χ1) is 9.95. The van der Waals surface area contributed by atoms with Gasteiger partial charge in [-0.15, -0.1) is 0 Å². The Morgan fingerprint density at radius 2 is 1.90 bits per heavy atom. The second-order valence-corrected chi connectivity index (χ2v) is 4.51. The van der Waals surface area contributed by atoms with Crippen molar-refractivity contribution in [3.05, 3.63) is 35.4 Å². The van der Waals surface area contributed by atoms with Gasteiger partial charge in [-0.1, -0.05) is 18.2 Å². The van der Waals surface area contributed by atoms with Crippen molar-refractivity contribution in [1.29, 1.82) is 0 Å². The summed E-state index contributed by atoms with van der Waals surface area (Å²) in [5, 5.41) is 9.07. The molecule has 0 unspecified atom stereocenters. The second kappa shape index (κ2) is 8.04. The largest absolute Gasteiger partial charge is 0.478 e. The third kappa shape index (κ3) is 5.25. The maximum Gasteiger partial charge on any atom is 0.335 e. The van der Waals surface area contributed by atoms with Crippen LogP contribution in [0.3, 0.4) is 0 Å². The Hall–Kier alpha value is -2.37. The Labute approximate surface area is 123 Å². The predicted molar refractivity (Wildman–Crippen MR) is 76.0 cm³/mol. The minimum Gasteiger partial charge on any atom is -0.478 e. The Kier molecular flexibility index (Phi) is 6.39. The van der Waals surface area contributed by atoms with Crippen LogP contribution in [0.25, 0.3) is 0 Å². The highest BCUT2D eigenvalue weighted by Gasteiger charge is 2.16. The fourth-order valence-electron chi connectivity index (χ4n) is 1.80. The van der Waals surface area contributed by atoms with Gasteiger partial charge in [-0.2, -0.15) is 0 Å². The minimum absolute atomic E-state index is 0.0121. The standard InChI is InChI=1S/C15H19NO5/c1-3-21-14(18)8-9-16(2)13(17)10-11-6-4-5-7-12(11)15(19)20/h4-7H,3,8-10H2,1-2H3,(H,19,20). The number of hydrogen-bond donors (Lipinski definition) is 1. The molecule has 1 amide bonds. The molecule has 0 radical (unpaired) electrons. The number of ether oxygens (including phenoxy) is 1. The van der Waals surface area contributed by atoms with Gasteiger partial charge in [0.1, 0.15) is 0 Å². The highest BCUT2D eigenvalue weighted by Crippen LogP contribution is 2.10. The molecule has 0 atom stereocenters. The van der Waals surface area contributed by atoms with Gasteiger partial charge in [-0.3, -0.25) is 9.59 Å². The van der Waals surface area contributed by atoms with Crippen molar-refractivity contribution in [3.63, 3.8) is 0 Å². The van der Waals surface area contributed by atoms with Crippen molar-refractivity contribution in [2.45, 2.75) is 19.8 Å². The van der Waals surface area contributed by atoms with Crippen molar-refractivity contribution in [2.75, 3.05) is 20.2 Å². The van der Waals surface area contributed by atoms with E-state index >= 15 is 0 Å². The summed E-state index contributed by atoms with van der Waals surface area (Å²) < 4.78 is 4.79. The molecule has 0 aliphatic carbocycles. The molecular weight excluding hydrogens is 274 g/mol. The lowest BCUT2D eigenvalue weighted by molar-refractivity contribution is -0.143. The molecule has 0 spiro atoms. The van der Waals surface area contributed by atoms with Gasteiger partial charge >= 0.3 is 11.9 Å². The van der Waals surface area contributed by atoms with Gasteiger partial charge in [-0.05, 0) is 18.6 Å². The summed E-state index contributed by atoms with van der Waals surface area (Å²) in [4.78, 5) is 35.7. The lowest BCUT2D eigenvalue weighted by Gasteiger charge is -2.17. The van der Waals surface area contributed by atoms with Gasteiger partial charge in [-0.25, -0.2) is 4.79 Å². The molecule has 0 aliphatic rings. The molecule has 6 heteroatoms. The average molecular weight is 293 g/mol. The number of carbonyl (C=O) groups is 3. The first-order valence-corrected chi connectivity index (χ1v) is 6.66. The van der Waals surface area contributed by atoms with Gasteiger partial charge in [0.2, 0.25) is 5.91 Å². The summed E-state index contributed by atoms with van der Waals surface area (Å²) in [5.41, 5.74) is 0.572. The Morgan fingerprint density at radius 1 is 1.24 bits per heavy atom. The number of hydrogen-bond acceptors (Lipinski definition) is 4. The Morgan fingerprint density at radius 3 is 2.52 bits per heavy atom. The first kappa shape index (κ1) is 16.7. The molecule has 0 heterocycles. The van der Waals surface area contributed by atoms with Crippen molar-refractivity contribution >= 4 is 17.8 Å². The zero-order valence-corrected chi connectivity index (χ0v) is 12.2. The molecule has 0 fully saturated rings. The fourth-order valence-corrected chi connectivity index (χ4v) is 1.80. The molecule has 21 heavy (non-hydrogen) atoms. The zero-order chi connectivity index (χ0) is 15.8. The van der Waals surface area contributed by atoms with Gasteiger partial charge in [0.25, 0.3) is 0 Å². The molecule has 1 N–H and O–H groups in total. The van der Waals surface area contributed by atoms with Crippen LogP contribution in [0, 0.1) is 0 Å². The van der Waals surface area contributed by atoms with Gasteiger partial charge < -0.3 is 14.7 Å². The highest BCUT2D eigenvalue weighted by atomic mass is 16.5. The van der Waals surface area contributed by atoms with Crippen LogP contribution in [0.2, 0.25) is 0 Å². The molecule has 0 saturated heterocycles. The van der Waals surface area contributed by atoms with E-state index in [2.05, 4.69) is 0 Å². The SMILES string of the molecule is CCOC(=O)CCN(C)C(=O)Cc1ccccc1C(=O)O. The van der Waals surface area contributed by atoms with Crippen LogP contribution < -0.4 is 0 Å². The predicted octanol–water partition coefficient (Wildman–Crippen LogP) is 1.34. The summed E-state index contributed by atoms with van der Waals surface area (Å²) in [6.07, 6.45) is 0.110. The van der Waals surface area contributed by atoms with Crippen molar-refractivity contribution in [3.8, 4) is 0 Å². The summed E-state index contributed by atoms with van der Waals surface area (Å²) in [7, 11) is 1.57. The number of nitrogens with zero attached hydrogens (tertiary/aromatic N) is 1. The molecule has 1 rings (SSSR count). The van der Waals surface area contributed by atoms with E-state index in [9.17, 15) is 14.4 Å². The molecule has 0 aromatic heterocycles. The van der Waals surface area contributed by atoms with E-state index in [1.54, 1.807) is 32.2 Å². The van der Waals surface area contributed by atoms with Crippen LogP contribution >= 0.6 is 0 Å². The minimum atomic E-state index is -1.06. The number of carboxylic acid groups (broad SMARTS) is 1. The molecule has 1 aromatic carbocycles. The van der Waals surface area contributed by atoms with E-state index in [-0.39, 0.29) is 36.8 Å². The third-order valence-corrected chi connectivity index (χ3v) is 2.97. The molecule has 0 aliphatic heterocycles. The molecule has 0 saturated carbocycles. The molecule has 6 nitrogen and oxygen atoms in total. The van der Waals surface area contributed by atoms with E-state index in [0.717, 1.165) is 0 Å². The molecular formula is C15H19NO5. The van der Waals surface area contributed by atoms with Gasteiger partial charge in [0, 0.05) is 13.6 Å². The first-order valence-electron chi connectivity index (χ1n) is 6.66. The fraction of sp³-hybridized carbons (Fsp3) is 0.400. The van der Waals surface area contributed by atoms with E-state index in [4.69, 9.17) is 9.84 Å². The van der Waals surface area contributed by atoms with E-state index in [1.165, 1.54) is 11.0 Å². The Bertz CT molecular complexity index is 527. The lowest BCUT2D eigenvalue weighted by Crippen LogP contribution is -2.31. The number of benzene rings is 1. The van der Waals surface area contributed by atoms with Crippen molar-refractivity contribution in [1.82, 2.24) is 4.90 Å². The van der Waals surface area contributed by atoms with Gasteiger partial charge in [0.15, 0.2) is 0 Å². The van der Waals surface area contributed by atoms with E-state index in [0.29, 0.717) is 12.2 Å². The number of likely N-dealkylation sites (N-methyl/N-ethyl adjacent to an activating group) is 1. The summed E-state index contributed by atoms with van der Waals surface area (Å²) in [6, 6.07) is 6.37. The van der Waals surface area contributed by atoms with E-state index < -0.39 is 5.97 Å². The number of rotatable bonds is 7. The summed E-state index contributed by atoms with van der Waals surface area (Å²) in [5.74, 6) is -1.66. The maximum absolute atomic E-state index is 12.0. The zero-order valence-electron chi connectivity index (χ0n) is 12.2. The second-order valence-electron chi connectivity index (χ2n) is 4.51. The highest BCUT2D eigenvalue weighted by molar-refractivity contribution is 5.91. The van der Waals surface area contributed by atoms with Crippen LogP contribution in [-0.4, -0.2) is 48.1 Å². The number of carboxylic acids is 1. The van der Waals surface area contributed by atoms with Crippen molar-refractivity contribution in [2.24, 2.45) is 0 Å². The third-order valence-electron chi connectivity index (χ3n) is 2.97. The topological polar surface area (TPSA) is 83.9 Å². The van der Waals surface area contributed by atoms with Crippen molar-refractivity contribution < 1.29 is 24.2 Å². The summed E-state index contributed by atoms with van der Waals surface area (Å²) >= 11 is 0. The molecule has 0 bridgehead atoms. The maximum atomic E-state index is 12.0. The quantitative estimate of drug-likeness (QED) is 0.767. The molecule has 1 aromatic rings. The van der Waals surface area contributed by atoms with E-state index in [1.807, 2.05) is 0 Å². The number of aromatic carboxylic acids is 1. The van der Waals surface area contributed by atoms with Crippen LogP contribution in [0.1, 0.15) is 29.3 Å². The van der Waals surface area contributed by atoms with Crippen LogP contribution in [-0.2, 0) is 20.7 Å². The monoisotopic (exact) mass is 293 g/mol. The smallest absolute Gasteiger partial charge is 0.335 e. The number of amides is 1. The van der Waals surface area contributed by atoms with Gasteiger partial charge in [0.05, 0.1) is 25.0 Å². The normalized spacial score (nSPS) is 10.0. The molecule has 114 valence electrons. The van der Waals surface area contributed by atoms with Crippen LogP contribution in [0.5, 0.6) is 0 Å². The Balaban J connectivity index is 2.60.